The molecule has 0 unspecified atom stereocenters. The summed E-state index contributed by atoms with van der Waals surface area (Å²) in [5, 5.41) is 0.451. The van der Waals surface area contributed by atoms with Crippen molar-refractivity contribution in [1.29, 1.82) is 0 Å². The molecule has 1 heterocycles. The predicted molar refractivity (Wildman–Crippen MR) is 116 cm³/mol. The first-order valence-corrected chi connectivity index (χ1v) is 8.63. The Labute approximate surface area is 181 Å². The first kappa shape index (κ1) is 24.6. The predicted octanol–water partition coefficient (Wildman–Crippen LogP) is 3.68. The summed E-state index contributed by atoms with van der Waals surface area (Å²) in [7, 11) is 0. The number of primary amides is 1. The summed E-state index contributed by atoms with van der Waals surface area (Å²) in [5.74, 6) is -0.309. The summed E-state index contributed by atoms with van der Waals surface area (Å²) in [6, 6.07) is 10.7. The normalized spacial score (nSPS) is 18.8. The van der Waals surface area contributed by atoms with Gasteiger partial charge < -0.3 is 10.5 Å². The third kappa shape index (κ3) is 6.27. The second-order valence-electron chi connectivity index (χ2n) is 6.35. The number of carbonyl (C=O) groups is 1. The molecule has 0 bridgehead atoms. The zero-order valence-corrected chi connectivity index (χ0v) is 17.8. The average molecular weight is 449 g/mol. The summed E-state index contributed by atoms with van der Waals surface area (Å²) in [6.07, 6.45) is -0.956. The van der Waals surface area contributed by atoms with Crippen molar-refractivity contribution in [2.75, 3.05) is 6.54 Å². The summed E-state index contributed by atoms with van der Waals surface area (Å²) in [4.78, 5) is 13.2. The SMILES string of the molecule is NC(=O)[C@@H]1C[C@H](F)CN1Cc1ccc(OCc2cccc(F)c2)cc1Cl.S.S. The van der Waals surface area contributed by atoms with E-state index in [9.17, 15) is 13.6 Å². The Bertz CT molecular complexity index is 813. The van der Waals surface area contributed by atoms with Gasteiger partial charge in [0.2, 0.25) is 5.91 Å². The van der Waals surface area contributed by atoms with E-state index >= 15 is 0 Å². The van der Waals surface area contributed by atoms with Gasteiger partial charge in [0.05, 0.1) is 6.04 Å². The Morgan fingerprint density at radius 3 is 2.64 bits per heavy atom. The molecule has 1 aliphatic heterocycles. The molecule has 2 aromatic carbocycles. The highest BCUT2D eigenvalue weighted by atomic mass is 35.5. The van der Waals surface area contributed by atoms with Crippen LogP contribution in [0, 0.1) is 5.82 Å². The van der Waals surface area contributed by atoms with Gasteiger partial charge in [-0.05, 0) is 35.4 Å². The summed E-state index contributed by atoms with van der Waals surface area (Å²) < 4.78 is 32.4. The van der Waals surface area contributed by atoms with Gasteiger partial charge in [0.25, 0.3) is 0 Å². The quantitative estimate of drug-likeness (QED) is 0.733. The lowest BCUT2D eigenvalue weighted by atomic mass is 10.1. The monoisotopic (exact) mass is 448 g/mol. The van der Waals surface area contributed by atoms with E-state index in [2.05, 4.69) is 0 Å². The molecule has 2 aromatic rings. The number of rotatable bonds is 6. The van der Waals surface area contributed by atoms with Crippen LogP contribution in [0.2, 0.25) is 5.02 Å². The number of amides is 1. The molecule has 2 N–H and O–H groups in total. The first-order valence-electron chi connectivity index (χ1n) is 8.25. The van der Waals surface area contributed by atoms with Crippen LogP contribution in [-0.4, -0.2) is 29.6 Å². The molecular weight excluding hydrogens is 426 g/mol. The fourth-order valence-electron chi connectivity index (χ4n) is 3.08. The van der Waals surface area contributed by atoms with Crippen LogP contribution in [0.15, 0.2) is 42.5 Å². The Morgan fingerprint density at radius 1 is 1.25 bits per heavy atom. The van der Waals surface area contributed by atoms with Crippen LogP contribution in [0.1, 0.15) is 17.5 Å². The van der Waals surface area contributed by atoms with E-state index in [1.165, 1.54) is 12.1 Å². The van der Waals surface area contributed by atoms with Gasteiger partial charge in [0, 0.05) is 24.5 Å². The molecule has 0 aromatic heterocycles. The summed E-state index contributed by atoms with van der Waals surface area (Å²) >= 11 is 6.30. The molecule has 1 fully saturated rings. The molecule has 0 aliphatic carbocycles. The van der Waals surface area contributed by atoms with Gasteiger partial charge in [-0.3, -0.25) is 9.69 Å². The number of hydrogen-bond donors (Lipinski definition) is 1. The fraction of sp³-hybridized carbons (Fsp3) is 0.316. The van der Waals surface area contributed by atoms with E-state index in [1.807, 2.05) is 0 Å². The molecular formula is C19H23ClF2N2O2S2. The topological polar surface area (TPSA) is 55.6 Å². The van der Waals surface area contributed by atoms with Crippen LogP contribution in [-0.2, 0) is 17.9 Å². The average Bonchev–Trinajstić information content (AvgIpc) is 2.96. The maximum Gasteiger partial charge on any atom is 0.234 e. The third-order valence-electron chi connectivity index (χ3n) is 4.37. The molecule has 28 heavy (non-hydrogen) atoms. The van der Waals surface area contributed by atoms with Crippen molar-refractivity contribution in [3.05, 3.63) is 64.4 Å². The van der Waals surface area contributed by atoms with E-state index in [1.54, 1.807) is 35.2 Å². The molecule has 9 heteroatoms. The number of likely N-dealkylation sites (tertiary alicyclic amines) is 1. The number of alkyl halides is 1. The smallest absolute Gasteiger partial charge is 0.234 e. The molecule has 0 saturated carbocycles. The fourth-order valence-corrected chi connectivity index (χ4v) is 3.31. The van der Waals surface area contributed by atoms with Crippen LogP contribution >= 0.6 is 38.6 Å². The van der Waals surface area contributed by atoms with E-state index < -0.39 is 18.1 Å². The number of nitrogens with two attached hydrogens (primary N) is 1. The highest BCUT2D eigenvalue weighted by Crippen LogP contribution is 2.28. The first-order chi connectivity index (χ1) is 12.4. The maximum absolute atomic E-state index is 13.6. The van der Waals surface area contributed by atoms with Gasteiger partial charge in [0.15, 0.2) is 0 Å². The molecule has 0 radical (unpaired) electrons. The number of hydrogen-bond acceptors (Lipinski definition) is 3. The van der Waals surface area contributed by atoms with Gasteiger partial charge in [-0.25, -0.2) is 8.78 Å². The highest BCUT2D eigenvalue weighted by Gasteiger charge is 2.35. The lowest BCUT2D eigenvalue weighted by Gasteiger charge is -2.22. The van der Waals surface area contributed by atoms with Gasteiger partial charge in [0.1, 0.15) is 24.3 Å². The Kier molecular flexibility index (Phi) is 9.56. The van der Waals surface area contributed by atoms with Crippen LogP contribution in [0.4, 0.5) is 8.78 Å². The molecule has 1 aliphatic rings. The van der Waals surface area contributed by atoms with Crippen molar-refractivity contribution in [3.8, 4) is 5.75 Å². The maximum atomic E-state index is 13.6. The van der Waals surface area contributed by atoms with Crippen molar-refractivity contribution in [2.24, 2.45) is 5.73 Å². The summed E-state index contributed by atoms with van der Waals surface area (Å²) in [6.45, 7) is 0.700. The molecule has 154 valence electrons. The molecule has 3 rings (SSSR count). The van der Waals surface area contributed by atoms with E-state index in [0.717, 1.165) is 5.56 Å². The number of carbonyl (C=O) groups excluding carboxylic acids is 1. The van der Waals surface area contributed by atoms with E-state index in [0.29, 0.717) is 22.9 Å². The molecule has 4 nitrogen and oxygen atoms in total. The number of ether oxygens (including phenoxy) is 1. The zero-order valence-electron chi connectivity index (χ0n) is 15.0. The Hall–Kier alpha value is -1.48. The van der Waals surface area contributed by atoms with Gasteiger partial charge in [-0.15, -0.1) is 0 Å². The zero-order chi connectivity index (χ0) is 18.7. The highest BCUT2D eigenvalue weighted by molar-refractivity contribution is 7.59. The minimum Gasteiger partial charge on any atom is -0.489 e. The second kappa shape index (κ2) is 10.9. The molecule has 1 saturated heterocycles. The second-order valence-corrected chi connectivity index (χ2v) is 6.76. The van der Waals surface area contributed by atoms with Crippen molar-refractivity contribution in [2.45, 2.75) is 31.8 Å². The van der Waals surface area contributed by atoms with Crippen molar-refractivity contribution >= 4 is 44.5 Å². The largest absolute Gasteiger partial charge is 0.489 e. The van der Waals surface area contributed by atoms with Crippen LogP contribution in [0.25, 0.3) is 0 Å². The van der Waals surface area contributed by atoms with Crippen molar-refractivity contribution < 1.29 is 18.3 Å². The van der Waals surface area contributed by atoms with Crippen LogP contribution in [0.3, 0.4) is 0 Å². The molecule has 0 spiro atoms. The summed E-state index contributed by atoms with van der Waals surface area (Å²) in [5.41, 5.74) is 6.81. The minimum atomic E-state index is -1.07. The molecule has 1 amide bonds. The number of nitrogens with zero attached hydrogens (tertiary/aromatic N) is 1. The van der Waals surface area contributed by atoms with Crippen LogP contribution < -0.4 is 10.5 Å². The van der Waals surface area contributed by atoms with Crippen molar-refractivity contribution in [1.82, 2.24) is 4.90 Å². The Balaban J connectivity index is 0.00000196. The third-order valence-corrected chi connectivity index (χ3v) is 4.73. The van der Waals surface area contributed by atoms with Crippen LogP contribution in [0.5, 0.6) is 5.75 Å². The van der Waals surface area contributed by atoms with Gasteiger partial charge in [-0.1, -0.05) is 29.8 Å². The van der Waals surface area contributed by atoms with Gasteiger partial charge >= 0.3 is 0 Å². The van der Waals surface area contributed by atoms with Gasteiger partial charge in [-0.2, -0.15) is 27.0 Å². The van der Waals surface area contributed by atoms with E-state index in [-0.39, 0.29) is 52.4 Å². The lowest BCUT2D eigenvalue weighted by molar-refractivity contribution is -0.122. The molecule has 2 atom stereocenters. The standard InChI is InChI=1S/C19H19ClF2N2O2.2H2S/c20-17-8-16(26-11-12-2-1-3-14(21)6-12)5-4-13(17)9-24-10-15(22)7-18(24)19(23)25;;/h1-6,8,15,18H,7,9-11H2,(H2,23,25);2*1H2/t15-,18-;;/m0../s1. The minimum absolute atomic E-state index is 0. The number of halogens is 3. The van der Waals surface area contributed by atoms with Crippen molar-refractivity contribution in [3.63, 3.8) is 0 Å². The van der Waals surface area contributed by atoms with E-state index in [4.69, 9.17) is 22.1 Å². The lowest BCUT2D eigenvalue weighted by Crippen LogP contribution is -2.39. The Morgan fingerprint density at radius 2 is 2.00 bits per heavy atom. The number of benzene rings is 2.